The van der Waals surface area contributed by atoms with E-state index in [1.165, 1.54) is 6.07 Å². The Morgan fingerprint density at radius 3 is 2.81 bits per heavy atom. The van der Waals surface area contributed by atoms with Gasteiger partial charge >= 0.3 is 0 Å². The molecule has 0 aliphatic rings. The van der Waals surface area contributed by atoms with E-state index in [1.807, 2.05) is 0 Å². The third kappa shape index (κ3) is 3.65. The summed E-state index contributed by atoms with van der Waals surface area (Å²) in [5, 5.41) is 10.7. The number of nitrogens with zero attached hydrogens (tertiary/aromatic N) is 1. The van der Waals surface area contributed by atoms with Crippen LogP contribution in [0.1, 0.15) is 12.0 Å². The summed E-state index contributed by atoms with van der Waals surface area (Å²) in [6, 6.07) is 4.99. The Morgan fingerprint density at radius 2 is 2.19 bits per heavy atom. The van der Waals surface area contributed by atoms with Gasteiger partial charge in [-0.15, -0.1) is 0 Å². The lowest BCUT2D eigenvalue weighted by molar-refractivity contribution is -0.120. The number of hydrogen-bond acceptors (Lipinski definition) is 2. The summed E-state index contributed by atoms with van der Waals surface area (Å²) in [5.41, 5.74) is 0.332. The van der Waals surface area contributed by atoms with Crippen molar-refractivity contribution in [3.8, 4) is 6.07 Å². The highest BCUT2D eigenvalue weighted by atomic mass is 19.1. The Hall–Kier alpha value is -1.96. The van der Waals surface area contributed by atoms with Gasteiger partial charge in [0, 0.05) is 12.6 Å². The number of carbonyl (C=O) groups excluding carboxylic acids is 1. The first-order chi connectivity index (χ1) is 7.63. The molecular weight excluding hydrogens is 214 g/mol. The highest BCUT2D eigenvalue weighted by Gasteiger charge is 2.04. The molecule has 0 aromatic heterocycles. The van der Waals surface area contributed by atoms with Gasteiger partial charge < -0.3 is 5.32 Å². The third-order valence-corrected chi connectivity index (χ3v) is 1.97. The second kappa shape index (κ2) is 5.81. The van der Waals surface area contributed by atoms with Crippen LogP contribution < -0.4 is 5.32 Å². The first-order valence-corrected chi connectivity index (χ1v) is 4.71. The van der Waals surface area contributed by atoms with E-state index in [-0.39, 0.29) is 19.4 Å². The molecule has 1 rings (SSSR count). The Morgan fingerprint density at radius 1 is 1.44 bits per heavy atom. The van der Waals surface area contributed by atoms with E-state index >= 15 is 0 Å². The van der Waals surface area contributed by atoms with Crippen LogP contribution in [0.25, 0.3) is 0 Å². The van der Waals surface area contributed by atoms with Crippen molar-refractivity contribution in [2.75, 3.05) is 6.54 Å². The zero-order chi connectivity index (χ0) is 12.0. The molecule has 0 unspecified atom stereocenters. The molecule has 0 aliphatic carbocycles. The Balaban J connectivity index is 2.44. The van der Waals surface area contributed by atoms with E-state index in [1.54, 1.807) is 6.07 Å². The summed E-state index contributed by atoms with van der Waals surface area (Å²) in [6.45, 7) is 0.225. The number of carbonyl (C=O) groups is 1. The summed E-state index contributed by atoms with van der Waals surface area (Å²) in [7, 11) is 0. The Labute approximate surface area is 91.7 Å². The maximum atomic E-state index is 13.1. The second-order valence-corrected chi connectivity index (χ2v) is 3.17. The van der Waals surface area contributed by atoms with Crippen LogP contribution in [0.2, 0.25) is 0 Å². The smallest absolute Gasteiger partial charge is 0.234 e. The van der Waals surface area contributed by atoms with E-state index in [9.17, 15) is 13.6 Å². The molecule has 1 aromatic carbocycles. The third-order valence-electron chi connectivity index (χ3n) is 1.97. The van der Waals surface area contributed by atoms with Gasteiger partial charge in [-0.05, 0) is 18.1 Å². The van der Waals surface area contributed by atoms with E-state index in [0.29, 0.717) is 5.56 Å². The van der Waals surface area contributed by atoms with E-state index in [2.05, 4.69) is 5.32 Å². The van der Waals surface area contributed by atoms with Crippen LogP contribution in [-0.4, -0.2) is 12.5 Å². The maximum absolute atomic E-state index is 13.1. The van der Waals surface area contributed by atoms with Gasteiger partial charge in [0.05, 0.1) is 6.07 Å². The van der Waals surface area contributed by atoms with Crippen LogP contribution in [0.15, 0.2) is 18.2 Å². The Bertz CT molecular complexity index is 426. The first-order valence-electron chi connectivity index (χ1n) is 4.71. The van der Waals surface area contributed by atoms with Crippen molar-refractivity contribution < 1.29 is 13.6 Å². The lowest BCUT2D eigenvalue weighted by Crippen LogP contribution is -2.25. The van der Waals surface area contributed by atoms with Crippen LogP contribution in [0, 0.1) is 23.0 Å². The number of nitrogens with one attached hydrogen (secondary N) is 1. The maximum Gasteiger partial charge on any atom is 0.234 e. The molecule has 0 heterocycles. The number of nitriles is 1. The van der Waals surface area contributed by atoms with Crippen molar-refractivity contribution in [1.29, 1.82) is 5.26 Å². The summed E-state index contributed by atoms with van der Waals surface area (Å²) < 4.78 is 25.7. The molecule has 0 aliphatic heterocycles. The molecule has 1 aromatic rings. The molecule has 0 radical (unpaired) electrons. The number of halogens is 2. The zero-order valence-corrected chi connectivity index (χ0v) is 8.46. The number of rotatable bonds is 4. The summed E-state index contributed by atoms with van der Waals surface area (Å²) >= 11 is 0. The number of hydrogen-bond donors (Lipinski definition) is 1. The van der Waals surface area contributed by atoms with E-state index in [0.717, 1.165) is 12.1 Å². The van der Waals surface area contributed by atoms with Crippen molar-refractivity contribution >= 4 is 5.91 Å². The Kier molecular flexibility index (Phi) is 4.40. The monoisotopic (exact) mass is 224 g/mol. The number of amides is 1. The molecule has 0 bridgehead atoms. The van der Waals surface area contributed by atoms with Crippen molar-refractivity contribution in [2.45, 2.75) is 12.8 Å². The lowest BCUT2D eigenvalue weighted by Gasteiger charge is -2.04. The molecule has 0 saturated heterocycles. The summed E-state index contributed by atoms with van der Waals surface area (Å²) in [5.74, 6) is -1.66. The summed E-state index contributed by atoms with van der Waals surface area (Å²) in [4.78, 5) is 10.9. The quantitative estimate of drug-likeness (QED) is 0.843. The molecule has 84 valence electrons. The van der Waals surface area contributed by atoms with Crippen molar-refractivity contribution in [3.63, 3.8) is 0 Å². The molecule has 0 spiro atoms. The van der Waals surface area contributed by atoms with Gasteiger partial charge in [-0.3, -0.25) is 4.79 Å². The fraction of sp³-hybridized carbons (Fsp3) is 0.273. The molecule has 3 nitrogen and oxygen atoms in total. The minimum absolute atomic E-state index is 0.216. The summed E-state index contributed by atoms with van der Waals surface area (Å²) in [6.07, 6.45) is 0.0508. The van der Waals surface area contributed by atoms with E-state index < -0.39 is 17.5 Å². The standard InChI is InChI=1S/C11H10F2N2O/c12-9-2-1-8(10(13)7-9)4-6-15-11(16)3-5-14/h1-2,7H,3-4,6H2,(H,15,16). The highest BCUT2D eigenvalue weighted by molar-refractivity contribution is 5.77. The predicted molar refractivity (Wildman–Crippen MR) is 53.3 cm³/mol. The average molecular weight is 224 g/mol. The minimum atomic E-state index is -0.630. The minimum Gasteiger partial charge on any atom is -0.355 e. The topological polar surface area (TPSA) is 52.9 Å². The molecule has 0 atom stereocenters. The molecule has 1 amide bonds. The van der Waals surface area contributed by atoms with Crippen LogP contribution >= 0.6 is 0 Å². The fourth-order valence-corrected chi connectivity index (χ4v) is 1.20. The lowest BCUT2D eigenvalue weighted by atomic mass is 10.1. The normalized spacial score (nSPS) is 9.56. The van der Waals surface area contributed by atoms with Gasteiger partial charge in [0.2, 0.25) is 5.91 Å². The number of benzene rings is 1. The molecule has 16 heavy (non-hydrogen) atoms. The van der Waals surface area contributed by atoms with Gasteiger partial charge in [0.25, 0.3) is 0 Å². The van der Waals surface area contributed by atoms with Crippen LogP contribution in [0.4, 0.5) is 8.78 Å². The van der Waals surface area contributed by atoms with Gasteiger partial charge in [-0.1, -0.05) is 6.07 Å². The average Bonchev–Trinajstić information content (AvgIpc) is 2.22. The van der Waals surface area contributed by atoms with Crippen molar-refractivity contribution in [1.82, 2.24) is 5.32 Å². The molecule has 5 heteroatoms. The molecule has 0 saturated carbocycles. The fourth-order valence-electron chi connectivity index (χ4n) is 1.20. The molecular formula is C11H10F2N2O. The zero-order valence-electron chi connectivity index (χ0n) is 8.46. The van der Waals surface area contributed by atoms with Gasteiger partial charge in [-0.25, -0.2) is 8.78 Å². The molecule has 0 fully saturated rings. The SMILES string of the molecule is N#CCC(=O)NCCc1ccc(F)cc1F. The van der Waals surface area contributed by atoms with Gasteiger partial charge in [0.1, 0.15) is 18.1 Å². The molecule has 1 N–H and O–H groups in total. The van der Waals surface area contributed by atoms with Crippen molar-refractivity contribution in [2.24, 2.45) is 0 Å². The van der Waals surface area contributed by atoms with Gasteiger partial charge in [0.15, 0.2) is 0 Å². The van der Waals surface area contributed by atoms with Crippen molar-refractivity contribution in [3.05, 3.63) is 35.4 Å². The second-order valence-electron chi connectivity index (χ2n) is 3.17. The van der Waals surface area contributed by atoms with E-state index in [4.69, 9.17) is 5.26 Å². The van der Waals surface area contributed by atoms with Crippen LogP contribution in [-0.2, 0) is 11.2 Å². The van der Waals surface area contributed by atoms with Gasteiger partial charge in [-0.2, -0.15) is 5.26 Å². The predicted octanol–water partition coefficient (Wildman–Crippen LogP) is 1.54. The largest absolute Gasteiger partial charge is 0.355 e. The van der Waals surface area contributed by atoms with Crippen LogP contribution in [0.3, 0.4) is 0 Å². The first kappa shape index (κ1) is 12.1. The highest BCUT2D eigenvalue weighted by Crippen LogP contribution is 2.09. The van der Waals surface area contributed by atoms with Crippen LogP contribution in [0.5, 0.6) is 0 Å².